The summed E-state index contributed by atoms with van der Waals surface area (Å²) in [4.78, 5) is 24.5. The normalized spacial score (nSPS) is 13.8. The molecule has 7 nitrogen and oxygen atoms in total. The Hall–Kier alpha value is -3.29. The highest BCUT2D eigenvalue weighted by Gasteiger charge is 2.19. The summed E-state index contributed by atoms with van der Waals surface area (Å²) in [5.74, 6) is 1.09. The second-order valence-electron chi connectivity index (χ2n) is 7.10. The average Bonchev–Trinajstić information content (AvgIpc) is 3.21. The van der Waals surface area contributed by atoms with Gasteiger partial charge in [0.25, 0.3) is 5.69 Å². The van der Waals surface area contributed by atoms with Crippen LogP contribution in [-0.2, 0) is 19.5 Å². The van der Waals surface area contributed by atoms with E-state index in [9.17, 15) is 14.9 Å². The van der Waals surface area contributed by atoms with E-state index in [1.165, 1.54) is 17.7 Å². The summed E-state index contributed by atoms with van der Waals surface area (Å²) >= 11 is 0. The van der Waals surface area contributed by atoms with Gasteiger partial charge in [0.05, 0.1) is 11.5 Å². The molecule has 2 aromatic carbocycles. The van der Waals surface area contributed by atoms with Crippen LogP contribution in [0.4, 0.5) is 5.69 Å². The smallest absolute Gasteiger partial charge is 0.270 e. The van der Waals surface area contributed by atoms with Crippen LogP contribution in [0.15, 0.2) is 59.0 Å². The van der Waals surface area contributed by atoms with Crippen LogP contribution in [0.5, 0.6) is 0 Å². The van der Waals surface area contributed by atoms with Crippen LogP contribution in [0.1, 0.15) is 27.2 Å². The number of furan rings is 1. The van der Waals surface area contributed by atoms with E-state index in [4.69, 9.17) is 9.52 Å². The summed E-state index contributed by atoms with van der Waals surface area (Å²) in [7, 11) is 0. The SMILES string of the molecule is O=C(CO)c1ccc2c(c1)CN(Cc1ccc(-c3cccc([N+](=O)[O-])c3)o1)CC2. The minimum Gasteiger partial charge on any atom is -0.460 e. The van der Waals surface area contributed by atoms with Gasteiger partial charge in [-0.2, -0.15) is 0 Å². The van der Waals surface area contributed by atoms with Crippen molar-refractivity contribution in [2.45, 2.75) is 19.5 Å². The topological polar surface area (TPSA) is 96.8 Å². The molecular weight excluding hydrogens is 372 g/mol. The van der Waals surface area contributed by atoms with Gasteiger partial charge in [-0.15, -0.1) is 0 Å². The second kappa shape index (κ2) is 7.98. The van der Waals surface area contributed by atoms with E-state index >= 15 is 0 Å². The lowest BCUT2D eigenvalue weighted by molar-refractivity contribution is -0.384. The van der Waals surface area contributed by atoms with Crippen LogP contribution in [-0.4, -0.2) is 33.9 Å². The molecule has 1 aliphatic rings. The predicted octanol–water partition coefficient (Wildman–Crippen LogP) is 3.59. The number of carbonyl (C=O) groups is 1. The Kier molecular flexibility index (Phi) is 5.24. The highest BCUT2D eigenvalue weighted by atomic mass is 16.6. The summed E-state index contributed by atoms with van der Waals surface area (Å²) < 4.78 is 5.92. The van der Waals surface area contributed by atoms with Gasteiger partial charge in [-0.3, -0.25) is 19.8 Å². The molecule has 0 fully saturated rings. The highest BCUT2D eigenvalue weighted by molar-refractivity contribution is 5.97. The predicted molar refractivity (Wildman–Crippen MR) is 106 cm³/mol. The molecule has 29 heavy (non-hydrogen) atoms. The third-order valence-electron chi connectivity index (χ3n) is 5.15. The van der Waals surface area contributed by atoms with E-state index in [-0.39, 0.29) is 11.5 Å². The number of hydrogen-bond donors (Lipinski definition) is 1. The van der Waals surface area contributed by atoms with Crippen LogP contribution in [0.3, 0.4) is 0 Å². The molecule has 0 amide bonds. The van der Waals surface area contributed by atoms with E-state index in [1.807, 2.05) is 24.3 Å². The molecule has 0 aliphatic carbocycles. The molecule has 4 rings (SSSR count). The molecule has 0 radical (unpaired) electrons. The highest BCUT2D eigenvalue weighted by Crippen LogP contribution is 2.27. The number of ketones is 1. The summed E-state index contributed by atoms with van der Waals surface area (Å²) in [6, 6.07) is 15.7. The Bertz CT molecular complexity index is 1070. The largest absolute Gasteiger partial charge is 0.460 e. The zero-order valence-corrected chi connectivity index (χ0v) is 15.7. The van der Waals surface area contributed by atoms with E-state index in [2.05, 4.69) is 4.90 Å². The first-order valence-electron chi connectivity index (χ1n) is 9.35. The molecule has 0 saturated heterocycles. The first-order valence-corrected chi connectivity index (χ1v) is 9.35. The van der Waals surface area contributed by atoms with Crippen molar-refractivity contribution in [3.05, 3.63) is 87.2 Å². The summed E-state index contributed by atoms with van der Waals surface area (Å²) in [5, 5.41) is 20.0. The van der Waals surface area contributed by atoms with Gasteiger partial charge < -0.3 is 9.52 Å². The van der Waals surface area contributed by atoms with Crippen molar-refractivity contribution in [3.8, 4) is 11.3 Å². The number of hydrogen-bond acceptors (Lipinski definition) is 6. The summed E-state index contributed by atoms with van der Waals surface area (Å²) in [6.45, 7) is 1.67. The van der Waals surface area contributed by atoms with Gasteiger partial charge in [-0.05, 0) is 35.7 Å². The Morgan fingerprint density at radius 3 is 2.79 bits per heavy atom. The third-order valence-corrected chi connectivity index (χ3v) is 5.15. The van der Waals surface area contributed by atoms with Crippen molar-refractivity contribution in [2.75, 3.05) is 13.2 Å². The minimum absolute atomic E-state index is 0.0290. The number of Topliss-reactive ketones (excluding diaryl/α,β-unsaturated/α-hetero) is 1. The van der Waals surface area contributed by atoms with Crippen molar-refractivity contribution in [3.63, 3.8) is 0 Å². The number of rotatable bonds is 6. The van der Waals surface area contributed by atoms with E-state index in [0.29, 0.717) is 30.0 Å². The lowest BCUT2D eigenvalue weighted by Gasteiger charge is -2.28. The van der Waals surface area contributed by atoms with Crippen molar-refractivity contribution >= 4 is 11.5 Å². The van der Waals surface area contributed by atoms with Gasteiger partial charge >= 0.3 is 0 Å². The molecule has 1 aliphatic heterocycles. The molecule has 0 atom stereocenters. The molecule has 1 aromatic heterocycles. The zero-order chi connectivity index (χ0) is 20.4. The zero-order valence-electron chi connectivity index (χ0n) is 15.7. The number of non-ortho nitro benzene ring substituents is 1. The quantitative estimate of drug-likeness (QED) is 0.391. The maximum atomic E-state index is 11.8. The molecule has 2 heterocycles. The maximum absolute atomic E-state index is 11.8. The van der Waals surface area contributed by atoms with E-state index in [0.717, 1.165) is 24.3 Å². The fourth-order valence-corrected chi connectivity index (χ4v) is 3.63. The average molecular weight is 392 g/mol. The molecule has 0 saturated carbocycles. The molecule has 3 aromatic rings. The van der Waals surface area contributed by atoms with Gasteiger partial charge in [0.2, 0.25) is 0 Å². The Labute approximate surface area is 167 Å². The Morgan fingerprint density at radius 1 is 1.14 bits per heavy atom. The lowest BCUT2D eigenvalue weighted by Crippen LogP contribution is -2.30. The molecule has 0 unspecified atom stereocenters. The van der Waals surface area contributed by atoms with Crippen LogP contribution < -0.4 is 0 Å². The van der Waals surface area contributed by atoms with Gasteiger partial charge in [-0.25, -0.2) is 0 Å². The number of nitro groups is 1. The first kappa shape index (κ1) is 19.0. The molecule has 0 spiro atoms. The fourth-order valence-electron chi connectivity index (χ4n) is 3.63. The third kappa shape index (κ3) is 4.11. The lowest BCUT2D eigenvalue weighted by atomic mass is 9.96. The maximum Gasteiger partial charge on any atom is 0.270 e. The number of fused-ring (bicyclic) bond motifs is 1. The van der Waals surface area contributed by atoms with Crippen molar-refractivity contribution in [1.29, 1.82) is 0 Å². The van der Waals surface area contributed by atoms with Crippen LogP contribution in [0.25, 0.3) is 11.3 Å². The van der Waals surface area contributed by atoms with Crippen molar-refractivity contribution in [1.82, 2.24) is 4.90 Å². The van der Waals surface area contributed by atoms with Crippen LogP contribution >= 0.6 is 0 Å². The number of nitro benzene ring substituents is 1. The van der Waals surface area contributed by atoms with Crippen LogP contribution in [0, 0.1) is 10.1 Å². The van der Waals surface area contributed by atoms with Gasteiger partial charge in [0.15, 0.2) is 5.78 Å². The second-order valence-corrected chi connectivity index (χ2v) is 7.10. The minimum atomic E-state index is -0.491. The number of aliphatic hydroxyl groups excluding tert-OH is 1. The standard InChI is InChI=1S/C22H20N2O5/c25-14-21(26)16-5-4-15-8-9-23(12-18(15)10-16)13-20-6-7-22(29-20)17-2-1-3-19(11-17)24(27)28/h1-7,10-11,25H,8-9,12-14H2. The van der Waals surface area contributed by atoms with Gasteiger partial charge in [-0.1, -0.05) is 24.3 Å². The van der Waals surface area contributed by atoms with Gasteiger partial charge in [0, 0.05) is 36.3 Å². The summed E-state index contributed by atoms with van der Waals surface area (Å²) in [6.07, 6.45) is 0.876. The number of nitrogens with zero attached hydrogens (tertiary/aromatic N) is 2. The van der Waals surface area contributed by atoms with Crippen LogP contribution in [0.2, 0.25) is 0 Å². The Morgan fingerprint density at radius 2 is 2.00 bits per heavy atom. The Balaban J connectivity index is 1.48. The summed E-state index contributed by atoms with van der Waals surface area (Å²) in [5.41, 5.74) is 3.52. The number of aliphatic hydroxyl groups is 1. The monoisotopic (exact) mass is 392 g/mol. The number of carbonyl (C=O) groups excluding carboxylic acids is 1. The molecular formula is C22H20N2O5. The van der Waals surface area contributed by atoms with E-state index in [1.54, 1.807) is 18.2 Å². The molecule has 0 bridgehead atoms. The molecule has 7 heteroatoms. The molecule has 148 valence electrons. The number of benzene rings is 2. The van der Waals surface area contributed by atoms with Crippen molar-refractivity contribution < 1.29 is 19.2 Å². The van der Waals surface area contributed by atoms with Gasteiger partial charge in [0.1, 0.15) is 18.1 Å². The first-order chi connectivity index (χ1) is 14.0. The fraction of sp³-hybridized carbons (Fsp3) is 0.227. The molecule has 1 N–H and O–H groups in total. The van der Waals surface area contributed by atoms with Crippen molar-refractivity contribution in [2.24, 2.45) is 0 Å². The van der Waals surface area contributed by atoms with E-state index < -0.39 is 11.5 Å².